The van der Waals surface area contributed by atoms with Crippen LogP contribution in [0.1, 0.15) is 17.2 Å². The fourth-order valence-corrected chi connectivity index (χ4v) is 1.97. The summed E-state index contributed by atoms with van der Waals surface area (Å²) in [6.45, 7) is 0. The van der Waals surface area contributed by atoms with Crippen LogP contribution in [0.25, 0.3) is 0 Å². The first-order valence-electron chi connectivity index (χ1n) is 5.77. The van der Waals surface area contributed by atoms with E-state index in [1.165, 1.54) is 0 Å². The fourth-order valence-electron chi connectivity index (χ4n) is 1.97. The quantitative estimate of drug-likeness (QED) is 0.839. The molecule has 0 aliphatic carbocycles. The highest BCUT2D eigenvalue weighted by Gasteiger charge is 2.15. The summed E-state index contributed by atoms with van der Waals surface area (Å²) in [6.07, 6.45) is -0.155. The van der Waals surface area contributed by atoms with Gasteiger partial charge in [0.15, 0.2) is 0 Å². The van der Waals surface area contributed by atoms with Crippen molar-refractivity contribution >= 4 is 5.69 Å². The van der Waals surface area contributed by atoms with Crippen molar-refractivity contribution in [2.24, 2.45) is 0 Å². The molecular formula is C15H17NO2. The standard InChI is InChI=1S/C15H17NO2/c1-17-12-9-7-11(8-10-12)15(18-2)13-5-3-4-6-14(13)16/h3-10,15H,16H2,1-2H3. The molecule has 0 fully saturated rings. The lowest BCUT2D eigenvalue weighted by Gasteiger charge is -2.18. The zero-order valence-corrected chi connectivity index (χ0v) is 10.6. The normalized spacial score (nSPS) is 12.1. The molecule has 0 saturated heterocycles. The molecule has 0 radical (unpaired) electrons. The molecule has 2 aromatic rings. The third-order valence-electron chi connectivity index (χ3n) is 2.93. The summed E-state index contributed by atoms with van der Waals surface area (Å²) in [5, 5.41) is 0. The summed E-state index contributed by atoms with van der Waals surface area (Å²) in [5.74, 6) is 0.828. The van der Waals surface area contributed by atoms with Crippen LogP contribution in [0.2, 0.25) is 0 Å². The van der Waals surface area contributed by atoms with E-state index in [1.54, 1.807) is 14.2 Å². The number of hydrogen-bond donors (Lipinski definition) is 1. The molecule has 0 spiro atoms. The molecule has 0 aliphatic heterocycles. The predicted molar refractivity (Wildman–Crippen MR) is 72.7 cm³/mol. The molecule has 3 nitrogen and oxygen atoms in total. The van der Waals surface area contributed by atoms with E-state index in [0.29, 0.717) is 0 Å². The lowest BCUT2D eigenvalue weighted by molar-refractivity contribution is 0.137. The maximum Gasteiger partial charge on any atom is 0.118 e. The smallest absolute Gasteiger partial charge is 0.118 e. The van der Waals surface area contributed by atoms with E-state index in [1.807, 2.05) is 48.5 Å². The van der Waals surface area contributed by atoms with Crippen LogP contribution in [-0.2, 0) is 4.74 Å². The molecule has 0 aliphatic rings. The Morgan fingerprint density at radius 3 is 2.17 bits per heavy atom. The van der Waals surface area contributed by atoms with Crippen molar-refractivity contribution in [3.05, 3.63) is 59.7 Å². The van der Waals surface area contributed by atoms with E-state index in [2.05, 4.69) is 0 Å². The van der Waals surface area contributed by atoms with Gasteiger partial charge >= 0.3 is 0 Å². The van der Waals surface area contributed by atoms with Crippen molar-refractivity contribution in [3.8, 4) is 5.75 Å². The minimum absolute atomic E-state index is 0.155. The van der Waals surface area contributed by atoms with Crippen LogP contribution < -0.4 is 10.5 Å². The van der Waals surface area contributed by atoms with Crippen LogP contribution in [0.15, 0.2) is 48.5 Å². The number of hydrogen-bond acceptors (Lipinski definition) is 3. The number of anilines is 1. The second-order valence-corrected chi connectivity index (χ2v) is 4.02. The van der Waals surface area contributed by atoms with E-state index < -0.39 is 0 Å². The van der Waals surface area contributed by atoms with Gasteiger partial charge in [0.05, 0.1) is 7.11 Å². The highest BCUT2D eigenvalue weighted by atomic mass is 16.5. The van der Waals surface area contributed by atoms with Crippen molar-refractivity contribution < 1.29 is 9.47 Å². The first-order chi connectivity index (χ1) is 8.76. The summed E-state index contributed by atoms with van der Waals surface area (Å²) in [6, 6.07) is 15.5. The maximum atomic E-state index is 5.99. The first kappa shape index (κ1) is 12.5. The molecule has 0 heterocycles. The molecule has 94 valence electrons. The molecule has 18 heavy (non-hydrogen) atoms. The van der Waals surface area contributed by atoms with Crippen LogP contribution in [0.4, 0.5) is 5.69 Å². The van der Waals surface area contributed by atoms with Crippen molar-refractivity contribution in [2.75, 3.05) is 20.0 Å². The van der Waals surface area contributed by atoms with Gasteiger partial charge in [-0.15, -0.1) is 0 Å². The summed E-state index contributed by atoms with van der Waals surface area (Å²) in [7, 11) is 3.33. The second-order valence-electron chi connectivity index (χ2n) is 4.02. The number of ether oxygens (including phenoxy) is 2. The Kier molecular flexibility index (Phi) is 3.85. The van der Waals surface area contributed by atoms with Crippen LogP contribution in [0.5, 0.6) is 5.75 Å². The van der Waals surface area contributed by atoms with Gasteiger partial charge in [-0.2, -0.15) is 0 Å². The van der Waals surface area contributed by atoms with Crippen molar-refractivity contribution in [2.45, 2.75) is 6.10 Å². The first-order valence-corrected chi connectivity index (χ1v) is 5.77. The Bertz CT molecular complexity index is 508. The summed E-state index contributed by atoms with van der Waals surface area (Å²) < 4.78 is 10.7. The van der Waals surface area contributed by atoms with Gasteiger partial charge in [-0.05, 0) is 23.8 Å². The number of benzene rings is 2. The molecule has 0 bridgehead atoms. The average Bonchev–Trinajstić information content (AvgIpc) is 2.42. The van der Waals surface area contributed by atoms with Crippen molar-refractivity contribution in [1.82, 2.24) is 0 Å². The van der Waals surface area contributed by atoms with Crippen LogP contribution in [0.3, 0.4) is 0 Å². The largest absolute Gasteiger partial charge is 0.497 e. The van der Waals surface area contributed by atoms with E-state index in [4.69, 9.17) is 15.2 Å². The van der Waals surface area contributed by atoms with E-state index in [0.717, 1.165) is 22.6 Å². The molecule has 2 aromatic carbocycles. The SMILES string of the molecule is COc1ccc(C(OC)c2ccccc2N)cc1. The van der Waals surface area contributed by atoms with Gasteiger partial charge in [-0.1, -0.05) is 30.3 Å². The zero-order valence-electron chi connectivity index (χ0n) is 10.6. The van der Waals surface area contributed by atoms with Crippen LogP contribution >= 0.6 is 0 Å². The maximum absolute atomic E-state index is 5.99. The number of rotatable bonds is 4. The van der Waals surface area contributed by atoms with Crippen LogP contribution in [0, 0.1) is 0 Å². The predicted octanol–water partition coefficient (Wildman–Crippen LogP) is 3.01. The summed E-state index contributed by atoms with van der Waals surface area (Å²) >= 11 is 0. The lowest BCUT2D eigenvalue weighted by atomic mass is 10.00. The zero-order chi connectivity index (χ0) is 13.0. The number of para-hydroxylation sites is 1. The third-order valence-corrected chi connectivity index (χ3v) is 2.93. The number of nitrogen functional groups attached to an aromatic ring is 1. The van der Waals surface area contributed by atoms with Gasteiger partial charge < -0.3 is 15.2 Å². The summed E-state index contributed by atoms with van der Waals surface area (Å²) in [4.78, 5) is 0. The van der Waals surface area contributed by atoms with E-state index >= 15 is 0 Å². The van der Waals surface area contributed by atoms with Crippen LogP contribution in [-0.4, -0.2) is 14.2 Å². The highest BCUT2D eigenvalue weighted by Crippen LogP contribution is 2.30. The topological polar surface area (TPSA) is 44.5 Å². The summed E-state index contributed by atoms with van der Waals surface area (Å²) in [5.41, 5.74) is 8.75. The highest BCUT2D eigenvalue weighted by molar-refractivity contribution is 5.50. The number of methoxy groups -OCH3 is 2. The van der Waals surface area contributed by atoms with Gasteiger partial charge in [-0.3, -0.25) is 0 Å². The Hall–Kier alpha value is -2.00. The fraction of sp³-hybridized carbons (Fsp3) is 0.200. The molecule has 0 saturated carbocycles. The van der Waals surface area contributed by atoms with Gasteiger partial charge in [-0.25, -0.2) is 0 Å². The Morgan fingerprint density at radius 1 is 0.944 bits per heavy atom. The molecule has 3 heteroatoms. The van der Waals surface area contributed by atoms with E-state index in [-0.39, 0.29) is 6.10 Å². The van der Waals surface area contributed by atoms with Crippen molar-refractivity contribution in [3.63, 3.8) is 0 Å². The lowest BCUT2D eigenvalue weighted by Crippen LogP contribution is -2.06. The minimum Gasteiger partial charge on any atom is -0.497 e. The molecule has 0 amide bonds. The minimum atomic E-state index is -0.155. The van der Waals surface area contributed by atoms with Gasteiger partial charge in [0.1, 0.15) is 11.9 Å². The molecule has 2 N–H and O–H groups in total. The van der Waals surface area contributed by atoms with Gasteiger partial charge in [0.25, 0.3) is 0 Å². The Morgan fingerprint density at radius 2 is 1.61 bits per heavy atom. The second kappa shape index (κ2) is 5.56. The average molecular weight is 243 g/mol. The molecule has 2 rings (SSSR count). The van der Waals surface area contributed by atoms with E-state index in [9.17, 15) is 0 Å². The Labute approximate surface area is 107 Å². The number of nitrogens with two attached hydrogens (primary N) is 1. The molecular weight excluding hydrogens is 226 g/mol. The molecule has 1 unspecified atom stereocenters. The molecule has 0 aromatic heterocycles. The third kappa shape index (κ3) is 2.46. The Balaban J connectivity index is 2.36. The van der Waals surface area contributed by atoms with Gasteiger partial charge in [0.2, 0.25) is 0 Å². The monoisotopic (exact) mass is 243 g/mol. The molecule has 1 atom stereocenters. The van der Waals surface area contributed by atoms with Crippen molar-refractivity contribution in [1.29, 1.82) is 0 Å². The van der Waals surface area contributed by atoms with Gasteiger partial charge in [0, 0.05) is 18.4 Å².